The summed E-state index contributed by atoms with van der Waals surface area (Å²) in [6.45, 7) is 15.9. The van der Waals surface area contributed by atoms with Crippen molar-refractivity contribution in [3.63, 3.8) is 0 Å². The summed E-state index contributed by atoms with van der Waals surface area (Å²) < 4.78 is 0. The van der Waals surface area contributed by atoms with Crippen LogP contribution < -0.4 is 5.32 Å². The van der Waals surface area contributed by atoms with E-state index in [4.69, 9.17) is 0 Å². The third kappa shape index (κ3) is 5.25. The summed E-state index contributed by atoms with van der Waals surface area (Å²) in [5.41, 5.74) is 0.583. The minimum Gasteiger partial charge on any atom is -0.316 e. The van der Waals surface area contributed by atoms with Crippen LogP contribution in [0.2, 0.25) is 0 Å². The molecule has 1 aliphatic carbocycles. The zero-order valence-electron chi connectivity index (χ0n) is 15.0. The van der Waals surface area contributed by atoms with E-state index in [2.05, 4.69) is 37.9 Å². The highest BCUT2D eigenvalue weighted by atomic mass is 15.1. The van der Waals surface area contributed by atoms with Crippen molar-refractivity contribution in [2.24, 2.45) is 23.2 Å². The largest absolute Gasteiger partial charge is 0.316 e. The summed E-state index contributed by atoms with van der Waals surface area (Å²) in [5, 5.41) is 3.76. The molecule has 0 aromatic heterocycles. The lowest BCUT2D eigenvalue weighted by molar-refractivity contribution is 0.0979. The fraction of sp³-hybridized carbons (Fsp3) is 1.00. The molecule has 21 heavy (non-hydrogen) atoms. The summed E-state index contributed by atoms with van der Waals surface area (Å²) in [4.78, 5) is 2.78. The Labute approximate surface area is 133 Å². The summed E-state index contributed by atoms with van der Waals surface area (Å²) in [5.74, 6) is 2.62. The molecule has 2 rings (SSSR count). The Morgan fingerprint density at radius 3 is 2.19 bits per heavy atom. The van der Waals surface area contributed by atoms with E-state index in [9.17, 15) is 0 Å². The Kier molecular flexibility index (Phi) is 6.55. The summed E-state index contributed by atoms with van der Waals surface area (Å²) in [6, 6.07) is 0. The predicted octanol–water partition coefficient (Wildman–Crippen LogP) is 4.16. The van der Waals surface area contributed by atoms with Crippen molar-refractivity contribution in [2.45, 2.75) is 66.2 Å². The van der Waals surface area contributed by atoms with Gasteiger partial charge in [0.25, 0.3) is 0 Å². The fourth-order valence-corrected chi connectivity index (χ4v) is 4.39. The Morgan fingerprint density at radius 2 is 1.67 bits per heavy atom. The molecule has 1 heterocycles. The van der Waals surface area contributed by atoms with Crippen LogP contribution in [-0.4, -0.2) is 37.6 Å². The van der Waals surface area contributed by atoms with Gasteiger partial charge in [-0.2, -0.15) is 0 Å². The summed E-state index contributed by atoms with van der Waals surface area (Å²) in [7, 11) is 0. The lowest BCUT2D eigenvalue weighted by Gasteiger charge is -2.40. The molecule has 1 aliphatic heterocycles. The molecular weight excluding hydrogens is 256 g/mol. The molecule has 1 saturated carbocycles. The van der Waals surface area contributed by atoms with E-state index in [0.29, 0.717) is 5.41 Å². The van der Waals surface area contributed by atoms with E-state index in [-0.39, 0.29) is 0 Å². The zero-order valence-corrected chi connectivity index (χ0v) is 15.0. The first-order chi connectivity index (χ1) is 10.0. The van der Waals surface area contributed by atoms with Crippen molar-refractivity contribution in [1.82, 2.24) is 10.2 Å². The molecule has 0 aromatic carbocycles. The van der Waals surface area contributed by atoms with Crippen molar-refractivity contribution < 1.29 is 0 Å². The molecule has 0 radical (unpaired) electrons. The first-order valence-electron chi connectivity index (χ1n) is 9.44. The first-order valence-corrected chi connectivity index (χ1v) is 9.44. The number of hydrogen-bond donors (Lipinski definition) is 1. The normalized spacial score (nSPS) is 24.3. The minimum absolute atomic E-state index is 0.583. The van der Waals surface area contributed by atoms with Crippen molar-refractivity contribution in [2.75, 3.05) is 32.7 Å². The smallest absolute Gasteiger partial charge is 0.00501 e. The monoisotopic (exact) mass is 294 g/mol. The molecule has 1 saturated heterocycles. The molecule has 2 heteroatoms. The van der Waals surface area contributed by atoms with Crippen LogP contribution in [0.25, 0.3) is 0 Å². The van der Waals surface area contributed by atoms with E-state index in [0.717, 1.165) is 17.8 Å². The predicted molar refractivity (Wildman–Crippen MR) is 92.6 cm³/mol. The minimum atomic E-state index is 0.583. The quantitative estimate of drug-likeness (QED) is 0.758. The average Bonchev–Trinajstić information content (AvgIpc) is 2.87. The maximum atomic E-state index is 3.76. The molecule has 0 unspecified atom stereocenters. The van der Waals surface area contributed by atoms with E-state index >= 15 is 0 Å². The topological polar surface area (TPSA) is 15.3 Å². The number of piperidine rings is 1. The highest BCUT2D eigenvalue weighted by Gasteiger charge is 2.36. The lowest BCUT2D eigenvalue weighted by Crippen LogP contribution is -2.46. The van der Waals surface area contributed by atoms with Gasteiger partial charge in [-0.25, -0.2) is 0 Å². The van der Waals surface area contributed by atoms with Gasteiger partial charge >= 0.3 is 0 Å². The maximum absolute atomic E-state index is 3.76. The molecule has 0 atom stereocenters. The number of likely N-dealkylation sites (tertiary alicyclic amines) is 1. The van der Waals surface area contributed by atoms with Gasteiger partial charge in [-0.15, -0.1) is 0 Å². The Hall–Kier alpha value is -0.0800. The second kappa shape index (κ2) is 7.97. The van der Waals surface area contributed by atoms with E-state index < -0.39 is 0 Å². The number of hydrogen-bond acceptors (Lipinski definition) is 2. The fourth-order valence-electron chi connectivity index (χ4n) is 4.39. The summed E-state index contributed by atoms with van der Waals surface area (Å²) >= 11 is 0. The van der Waals surface area contributed by atoms with Crippen molar-refractivity contribution in [3.05, 3.63) is 0 Å². The molecule has 2 fully saturated rings. The Balaban J connectivity index is 1.80. The number of nitrogens with zero attached hydrogens (tertiary/aromatic N) is 1. The average molecular weight is 295 g/mol. The van der Waals surface area contributed by atoms with Gasteiger partial charge in [0.1, 0.15) is 0 Å². The molecular formula is C19H38N2. The second-order valence-corrected chi connectivity index (χ2v) is 8.59. The van der Waals surface area contributed by atoms with Crippen molar-refractivity contribution in [1.29, 1.82) is 0 Å². The third-order valence-electron chi connectivity index (χ3n) is 5.85. The number of nitrogens with one attached hydrogen (secondary N) is 1. The van der Waals surface area contributed by atoms with Crippen LogP contribution >= 0.6 is 0 Å². The molecule has 0 amide bonds. The standard InChI is InChI=1S/C19H38N2/c1-16(2)13-20-14-19(9-5-6-10-19)15-21-11-7-18(8-12-21)17(3)4/h16-18,20H,5-15H2,1-4H3. The van der Waals surface area contributed by atoms with Gasteiger partial charge in [-0.1, -0.05) is 40.5 Å². The molecule has 0 aromatic rings. The molecule has 1 N–H and O–H groups in total. The van der Waals surface area contributed by atoms with Gasteiger partial charge in [0.15, 0.2) is 0 Å². The molecule has 2 aliphatic rings. The number of rotatable bonds is 7. The highest BCUT2D eigenvalue weighted by molar-refractivity contribution is 4.90. The van der Waals surface area contributed by atoms with Gasteiger partial charge in [-0.3, -0.25) is 0 Å². The third-order valence-corrected chi connectivity index (χ3v) is 5.85. The zero-order chi connectivity index (χ0) is 15.3. The molecule has 0 spiro atoms. The van der Waals surface area contributed by atoms with Gasteiger partial charge in [0, 0.05) is 13.1 Å². The van der Waals surface area contributed by atoms with Crippen LogP contribution in [0.15, 0.2) is 0 Å². The van der Waals surface area contributed by atoms with Crippen LogP contribution in [0.5, 0.6) is 0 Å². The SMILES string of the molecule is CC(C)CNCC1(CN2CCC(C(C)C)CC2)CCCC1. The first kappa shape index (κ1) is 17.3. The molecule has 0 bridgehead atoms. The van der Waals surface area contributed by atoms with Gasteiger partial charge in [-0.05, 0) is 68.5 Å². The highest BCUT2D eigenvalue weighted by Crippen LogP contribution is 2.39. The second-order valence-electron chi connectivity index (χ2n) is 8.59. The van der Waals surface area contributed by atoms with Crippen LogP contribution in [0.1, 0.15) is 66.2 Å². The Bertz CT molecular complexity index is 284. The maximum Gasteiger partial charge on any atom is 0.00501 e. The van der Waals surface area contributed by atoms with Gasteiger partial charge < -0.3 is 10.2 Å². The Morgan fingerprint density at radius 1 is 1.05 bits per heavy atom. The molecule has 124 valence electrons. The van der Waals surface area contributed by atoms with E-state index in [1.165, 1.54) is 71.2 Å². The van der Waals surface area contributed by atoms with Crippen LogP contribution in [0.4, 0.5) is 0 Å². The lowest BCUT2D eigenvalue weighted by atomic mass is 9.82. The van der Waals surface area contributed by atoms with Gasteiger partial charge in [0.05, 0.1) is 0 Å². The van der Waals surface area contributed by atoms with Crippen LogP contribution in [0.3, 0.4) is 0 Å². The van der Waals surface area contributed by atoms with Crippen molar-refractivity contribution >= 4 is 0 Å². The summed E-state index contributed by atoms with van der Waals surface area (Å²) in [6.07, 6.45) is 8.64. The van der Waals surface area contributed by atoms with E-state index in [1.807, 2.05) is 0 Å². The van der Waals surface area contributed by atoms with Crippen LogP contribution in [0, 0.1) is 23.2 Å². The van der Waals surface area contributed by atoms with Crippen LogP contribution in [-0.2, 0) is 0 Å². The van der Waals surface area contributed by atoms with Crippen molar-refractivity contribution in [3.8, 4) is 0 Å². The van der Waals surface area contributed by atoms with Gasteiger partial charge in [0.2, 0.25) is 0 Å². The van der Waals surface area contributed by atoms with E-state index in [1.54, 1.807) is 0 Å². The molecule has 2 nitrogen and oxygen atoms in total.